The molecule has 0 bridgehead atoms. The second-order valence-electron chi connectivity index (χ2n) is 5.83. The molecule has 1 radical (unpaired) electrons. The molecule has 111 valence electrons. The molecule has 0 spiro atoms. The van der Waals surface area contributed by atoms with Crippen molar-refractivity contribution in [3.05, 3.63) is 34.7 Å². The van der Waals surface area contributed by atoms with Gasteiger partial charge in [-0.05, 0) is 38.8 Å². The number of hydrogen-bond donors (Lipinski definition) is 1. The Labute approximate surface area is 153 Å². The molecule has 0 heterocycles. The number of carbonyl (C=O) groups excluding carboxylic acids is 1. The van der Waals surface area contributed by atoms with Gasteiger partial charge in [0.05, 0.1) is 27.2 Å². The molecule has 0 aliphatic heterocycles. The fourth-order valence-corrected chi connectivity index (χ4v) is 2.02. The van der Waals surface area contributed by atoms with E-state index in [1.807, 2.05) is 34.9 Å². The van der Waals surface area contributed by atoms with Gasteiger partial charge < -0.3 is 9.80 Å². The van der Waals surface area contributed by atoms with Crippen LogP contribution in [0, 0.1) is 20.4 Å². The van der Waals surface area contributed by atoms with Crippen LogP contribution in [0.5, 0.6) is 0 Å². The summed E-state index contributed by atoms with van der Waals surface area (Å²) < 4.78 is 0.643. The summed E-state index contributed by atoms with van der Waals surface area (Å²) in [7, 11) is 4.10. The van der Waals surface area contributed by atoms with Crippen LogP contribution in [0.15, 0.2) is 12.1 Å². The molecule has 0 aliphatic rings. The van der Waals surface area contributed by atoms with E-state index in [1.54, 1.807) is 12.1 Å². The first-order valence-corrected chi connectivity index (χ1v) is 6.85. The largest absolute Gasteiger partial charge is 0.321 e. The fraction of sp³-hybridized carbons (Fsp3) is 0.500. The third-order valence-corrected chi connectivity index (χ3v) is 4.14. The average molecular weight is 363 g/mol. The Morgan fingerprint density at radius 2 is 1.81 bits per heavy atom. The van der Waals surface area contributed by atoms with Crippen molar-refractivity contribution in [3.63, 3.8) is 0 Å². The third-order valence-electron chi connectivity index (χ3n) is 4.14. The molecule has 5 heteroatoms. The first-order chi connectivity index (χ1) is 9.22. The average Bonchev–Trinajstić information content (AvgIpc) is 2.41. The van der Waals surface area contributed by atoms with Gasteiger partial charge >= 0.3 is 0 Å². The molecule has 21 heavy (non-hydrogen) atoms. The summed E-state index contributed by atoms with van der Waals surface area (Å²) in [5.74, 6) is 0.0126. The van der Waals surface area contributed by atoms with Gasteiger partial charge in [0.25, 0.3) is 5.91 Å². The van der Waals surface area contributed by atoms with Crippen molar-refractivity contribution in [1.29, 1.82) is 0 Å². The molecule has 1 N–H and O–H groups in total. The second kappa shape index (κ2) is 8.03. The summed E-state index contributed by atoms with van der Waals surface area (Å²) in [5.41, 5.74) is 3.29. The van der Waals surface area contributed by atoms with E-state index < -0.39 is 0 Å². The third kappa shape index (κ3) is 4.88. The van der Waals surface area contributed by atoms with Gasteiger partial charge in [-0.1, -0.05) is 12.1 Å². The summed E-state index contributed by atoms with van der Waals surface area (Å²) in [6, 6.07) is 3.49. The van der Waals surface area contributed by atoms with Crippen molar-refractivity contribution in [2.45, 2.75) is 33.7 Å². The van der Waals surface area contributed by atoms with Gasteiger partial charge in [0.1, 0.15) is 0 Å². The molecule has 0 saturated carbocycles. The molecule has 1 rings (SSSR count). The molecular formula is C16H24N3OY+. The summed E-state index contributed by atoms with van der Waals surface area (Å²) in [6.45, 7) is 15.8. The maximum absolute atomic E-state index is 12.4. The van der Waals surface area contributed by atoms with Crippen LogP contribution >= 0.6 is 0 Å². The Kier molecular flexibility index (Phi) is 7.74. The minimum Gasteiger partial charge on any atom is -0.321 e. The van der Waals surface area contributed by atoms with E-state index in [0.29, 0.717) is 10.2 Å². The number of nitrogens with zero attached hydrogens (tertiary/aromatic N) is 2. The predicted molar refractivity (Wildman–Crippen MR) is 82.9 cm³/mol. The van der Waals surface area contributed by atoms with Gasteiger partial charge in [-0.2, -0.15) is 0 Å². The minimum absolute atomic E-state index is 0. The molecule has 1 aromatic rings. The van der Waals surface area contributed by atoms with Crippen LogP contribution in [0.3, 0.4) is 0 Å². The van der Waals surface area contributed by atoms with E-state index in [9.17, 15) is 4.79 Å². The number of rotatable bonds is 4. The van der Waals surface area contributed by atoms with Crippen LogP contribution in [-0.4, -0.2) is 37.1 Å². The number of nitrogens with one attached hydrogen (secondary N) is 1. The maximum Gasteiger partial charge on any atom is 0.282 e. The Morgan fingerprint density at radius 1 is 1.33 bits per heavy atom. The SMILES string of the molecule is [C-]#[N+]c1cc(C)c(NC(=O)C(C)[N+](C)(C)CC)c(C)c1.[Y]. The molecule has 0 aromatic heterocycles. The zero-order valence-electron chi connectivity index (χ0n) is 13.8. The van der Waals surface area contributed by atoms with Gasteiger partial charge in [-0.25, -0.2) is 4.85 Å². The first-order valence-electron chi connectivity index (χ1n) is 6.85. The van der Waals surface area contributed by atoms with Crippen molar-refractivity contribution in [2.75, 3.05) is 26.0 Å². The van der Waals surface area contributed by atoms with E-state index in [1.165, 1.54) is 0 Å². The van der Waals surface area contributed by atoms with Gasteiger partial charge in [0.2, 0.25) is 0 Å². The molecule has 1 atom stereocenters. The Balaban J connectivity index is 0.00000400. The van der Waals surface area contributed by atoms with Gasteiger partial charge in [0.15, 0.2) is 11.7 Å². The zero-order chi connectivity index (χ0) is 15.5. The number of quaternary nitrogens is 1. The molecular weight excluding hydrogens is 339 g/mol. The van der Waals surface area contributed by atoms with Crippen LogP contribution in [0.1, 0.15) is 25.0 Å². The Bertz CT molecular complexity index is 538. The minimum atomic E-state index is -0.126. The number of benzene rings is 1. The topological polar surface area (TPSA) is 33.5 Å². The number of amides is 1. The number of hydrogen-bond acceptors (Lipinski definition) is 1. The van der Waals surface area contributed by atoms with E-state index in [4.69, 9.17) is 6.57 Å². The number of anilines is 1. The summed E-state index contributed by atoms with van der Waals surface area (Å²) in [4.78, 5) is 15.8. The number of likely N-dealkylation sites (N-methyl/N-ethyl adjacent to an activating group) is 1. The van der Waals surface area contributed by atoms with Crippen LogP contribution < -0.4 is 5.32 Å². The van der Waals surface area contributed by atoms with Crippen LogP contribution in [0.4, 0.5) is 11.4 Å². The Morgan fingerprint density at radius 3 is 2.19 bits per heavy atom. The quantitative estimate of drug-likeness (QED) is 0.647. The first kappa shape index (κ1) is 20.2. The van der Waals surface area contributed by atoms with Crippen molar-refractivity contribution in [2.24, 2.45) is 0 Å². The molecule has 0 fully saturated rings. The summed E-state index contributed by atoms with van der Waals surface area (Å²) in [5, 5.41) is 3.01. The van der Waals surface area contributed by atoms with E-state index in [-0.39, 0.29) is 44.7 Å². The van der Waals surface area contributed by atoms with E-state index in [2.05, 4.69) is 17.1 Å². The Hall–Kier alpha value is -0.756. The maximum atomic E-state index is 12.4. The van der Waals surface area contributed by atoms with Crippen molar-refractivity contribution < 1.29 is 42.0 Å². The molecule has 1 unspecified atom stereocenters. The summed E-state index contributed by atoms with van der Waals surface area (Å²) in [6.07, 6.45) is 0. The van der Waals surface area contributed by atoms with Gasteiger partial charge in [-0.15, -0.1) is 0 Å². The van der Waals surface area contributed by atoms with Gasteiger partial charge in [-0.3, -0.25) is 4.79 Å². The molecule has 1 aromatic carbocycles. The van der Waals surface area contributed by atoms with Crippen LogP contribution in [0.25, 0.3) is 4.85 Å². The predicted octanol–water partition coefficient (Wildman–Crippen LogP) is 3.28. The molecule has 0 aliphatic carbocycles. The summed E-state index contributed by atoms with van der Waals surface area (Å²) >= 11 is 0. The van der Waals surface area contributed by atoms with Crippen molar-refractivity contribution in [1.82, 2.24) is 0 Å². The number of aryl methyl sites for hydroxylation is 2. The number of carbonyl (C=O) groups is 1. The standard InChI is InChI=1S/C16H23N3O.Y/c1-8-19(6,7)13(4)16(20)18-15-11(2)9-14(17-5)10-12(15)3;/h9-10,13H,8H2,1-4,6-7H3;/p+1. The van der Waals surface area contributed by atoms with E-state index in [0.717, 1.165) is 23.4 Å². The van der Waals surface area contributed by atoms with Crippen LogP contribution in [0.2, 0.25) is 0 Å². The zero-order valence-corrected chi connectivity index (χ0v) is 16.7. The van der Waals surface area contributed by atoms with E-state index >= 15 is 0 Å². The molecule has 4 nitrogen and oxygen atoms in total. The van der Waals surface area contributed by atoms with Crippen molar-refractivity contribution >= 4 is 17.3 Å². The molecule has 0 saturated heterocycles. The molecule has 1 amide bonds. The van der Waals surface area contributed by atoms with Crippen molar-refractivity contribution in [3.8, 4) is 0 Å². The monoisotopic (exact) mass is 363 g/mol. The van der Waals surface area contributed by atoms with Gasteiger partial charge in [0, 0.05) is 38.4 Å². The smallest absolute Gasteiger partial charge is 0.282 e. The fourth-order valence-electron chi connectivity index (χ4n) is 2.02. The normalized spacial score (nSPS) is 12.0. The van der Waals surface area contributed by atoms with Crippen LogP contribution in [-0.2, 0) is 37.5 Å². The second-order valence-corrected chi connectivity index (χ2v) is 5.83.